The molecule has 1 rings (SSSR count). The summed E-state index contributed by atoms with van der Waals surface area (Å²) < 4.78 is 1.11. The van der Waals surface area contributed by atoms with E-state index in [1.165, 1.54) is 12.0 Å². The van der Waals surface area contributed by atoms with Crippen molar-refractivity contribution in [1.29, 1.82) is 0 Å². The summed E-state index contributed by atoms with van der Waals surface area (Å²) in [5.74, 6) is 0.720. The highest BCUT2D eigenvalue weighted by Crippen LogP contribution is 2.06. The minimum absolute atomic E-state index is 0.720. The van der Waals surface area contributed by atoms with Crippen LogP contribution in [0.5, 0.6) is 0 Å². The second kappa shape index (κ2) is 4.10. The van der Waals surface area contributed by atoms with Gasteiger partial charge < -0.3 is 0 Å². The molecule has 1 N–H and O–H groups in total. The fourth-order valence-corrected chi connectivity index (χ4v) is 1.11. The third-order valence-electron chi connectivity index (χ3n) is 1.86. The monoisotopic (exact) mass is 166 g/mol. The number of hydrogen-bond donors (Lipinski definition) is 1. The number of rotatable bonds is 3. The van der Waals surface area contributed by atoms with E-state index in [0.29, 0.717) is 0 Å². The lowest BCUT2D eigenvalue weighted by Crippen LogP contribution is -2.28. The van der Waals surface area contributed by atoms with E-state index in [0.717, 1.165) is 17.1 Å². The van der Waals surface area contributed by atoms with Crippen LogP contribution in [0.2, 0.25) is 0 Å². The second-order valence-corrected chi connectivity index (χ2v) is 3.52. The molecule has 0 atom stereocenters. The molecular formula is C10H16NO+. The molecule has 2 nitrogen and oxygen atoms in total. The van der Waals surface area contributed by atoms with Gasteiger partial charge in [-0.1, -0.05) is 13.8 Å². The van der Waals surface area contributed by atoms with Crippen molar-refractivity contribution in [2.75, 3.05) is 0 Å². The van der Waals surface area contributed by atoms with Gasteiger partial charge in [-0.05, 0) is 24.8 Å². The van der Waals surface area contributed by atoms with E-state index in [1.807, 2.05) is 12.1 Å². The highest BCUT2D eigenvalue weighted by atomic mass is 16.5. The SMILES string of the molecule is CC(C)CCc1ccc[n+](O)c1. The maximum absolute atomic E-state index is 9.09. The van der Waals surface area contributed by atoms with Crippen LogP contribution < -0.4 is 4.73 Å². The minimum Gasteiger partial charge on any atom is -0.285 e. The van der Waals surface area contributed by atoms with Gasteiger partial charge in [0.1, 0.15) is 0 Å². The summed E-state index contributed by atoms with van der Waals surface area (Å²) in [6, 6.07) is 3.89. The van der Waals surface area contributed by atoms with Crippen LogP contribution in [0, 0.1) is 5.92 Å². The van der Waals surface area contributed by atoms with Gasteiger partial charge in [-0.3, -0.25) is 5.21 Å². The molecule has 0 saturated carbocycles. The molecule has 1 aromatic heterocycles. The quantitative estimate of drug-likeness (QED) is 0.537. The normalized spacial score (nSPS) is 10.6. The Labute approximate surface area is 73.4 Å². The molecule has 0 fully saturated rings. The van der Waals surface area contributed by atoms with E-state index in [1.54, 1.807) is 12.4 Å². The van der Waals surface area contributed by atoms with Crippen LogP contribution in [0.4, 0.5) is 0 Å². The molecule has 1 heterocycles. The summed E-state index contributed by atoms with van der Waals surface area (Å²) in [5, 5.41) is 9.09. The molecule has 0 saturated heterocycles. The molecule has 0 amide bonds. The Balaban J connectivity index is 2.52. The van der Waals surface area contributed by atoms with Crippen molar-refractivity contribution < 1.29 is 9.94 Å². The molecule has 0 spiro atoms. The van der Waals surface area contributed by atoms with Gasteiger partial charge in [-0.2, -0.15) is 0 Å². The average molecular weight is 166 g/mol. The van der Waals surface area contributed by atoms with E-state index >= 15 is 0 Å². The summed E-state index contributed by atoms with van der Waals surface area (Å²) in [4.78, 5) is 0. The summed E-state index contributed by atoms with van der Waals surface area (Å²) in [5.41, 5.74) is 1.19. The molecular weight excluding hydrogens is 150 g/mol. The molecule has 66 valence electrons. The van der Waals surface area contributed by atoms with Gasteiger partial charge >= 0.3 is 0 Å². The zero-order valence-electron chi connectivity index (χ0n) is 7.70. The van der Waals surface area contributed by atoms with Crippen molar-refractivity contribution >= 4 is 0 Å². The van der Waals surface area contributed by atoms with Crippen LogP contribution in [0.15, 0.2) is 24.5 Å². The van der Waals surface area contributed by atoms with Gasteiger partial charge in [-0.15, -0.1) is 0 Å². The van der Waals surface area contributed by atoms with Crippen LogP contribution in [0.3, 0.4) is 0 Å². The molecule has 0 radical (unpaired) electrons. The number of hydrogen-bond acceptors (Lipinski definition) is 1. The van der Waals surface area contributed by atoms with Crippen molar-refractivity contribution in [2.24, 2.45) is 5.92 Å². The van der Waals surface area contributed by atoms with E-state index in [4.69, 9.17) is 5.21 Å². The fourth-order valence-electron chi connectivity index (χ4n) is 1.11. The van der Waals surface area contributed by atoms with Gasteiger partial charge in [-0.25, -0.2) is 0 Å². The molecule has 0 aromatic carbocycles. The van der Waals surface area contributed by atoms with Crippen LogP contribution in [0.1, 0.15) is 25.8 Å². The highest BCUT2D eigenvalue weighted by Gasteiger charge is 2.01. The first-order valence-electron chi connectivity index (χ1n) is 4.38. The fraction of sp³-hybridized carbons (Fsp3) is 0.500. The Morgan fingerprint density at radius 2 is 2.25 bits per heavy atom. The summed E-state index contributed by atoms with van der Waals surface area (Å²) in [6.45, 7) is 4.41. The van der Waals surface area contributed by atoms with Crippen molar-refractivity contribution in [3.05, 3.63) is 30.1 Å². The smallest absolute Gasteiger partial charge is 0.225 e. The Bertz CT molecular complexity index is 245. The van der Waals surface area contributed by atoms with Crippen LogP contribution in [-0.2, 0) is 6.42 Å². The maximum Gasteiger partial charge on any atom is 0.225 e. The first-order valence-corrected chi connectivity index (χ1v) is 4.38. The third kappa shape index (κ3) is 2.91. The molecule has 1 aromatic rings. The van der Waals surface area contributed by atoms with E-state index in [-0.39, 0.29) is 0 Å². The van der Waals surface area contributed by atoms with Gasteiger partial charge in [0.25, 0.3) is 0 Å². The van der Waals surface area contributed by atoms with E-state index < -0.39 is 0 Å². The van der Waals surface area contributed by atoms with Crippen LogP contribution >= 0.6 is 0 Å². The number of aryl methyl sites for hydroxylation is 1. The van der Waals surface area contributed by atoms with Crippen molar-refractivity contribution in [2.45, 2.75) is 26.7 Å². The predicted octanol–water partition coefficient (Wildman–Crippen LogP) is 1.80. The number of aromatic nitrogens is 1. The summed E-state index contributed by atoms with van der Waals surface area (Å²) in [7, 11) is 0. The number of pyridine rings is 1. The van der Waals surface area contributed by atoms with Crippen molar-refractivity contribution in [3.8, 4) is 0 Å². The van der Waals surface area contributed by atoms with Gasteiger partial charge in [0.2, 0.25) is 12.4 Å². The van der Waals surface area contributed by atoms with Gasteiger partial charge in [0, 0.05) is 16.4 Å². The zero-order chi connectivity index (χ0) is 8.97. The second-order valence-electron chi connectivity index (χ2n) is 3.52. The average Bonchev–Trinajstić information content (AvgIpc) is 2.01. The molecule has 0 unspecified atom stereocenters. The van der Waals surface area contributed by atoms with Gasteiger partial charge in [0.05, 0.1) is 0 Å². The molecule has 0 aliphatic rings. The van der Waals surface area contributed by atoms with Crippen molar-refractivity contribution in [3.63, 3.8) is 0 Å². The third-order valence-corrected chi connectivity index (χ3v) is 1.86. The lowest BCUT2D eigenvalue weighted by molar-refractivity contribution is -0.905. The molecule has 0 aliphatic heterocycles. The Morgan fingerprint density at radius 1 is 1.50 bits per heavy atom. The largest absolute Gasteiger partial charge is 0.285 e. The zero-order valence-corrected chi connectivity index (χ0v) is 7.70. The Hall–Kier alpha value is -1.05. The van der Waals surface area contributed by atoms with Crippen LogP contribution in [0.25, 0.3) is 0 Å². The predicted molar refractivity (Wildman–Crippen MR) is 47.0 cm³/mol. The molecule has 12 heavy (non-hydrogen) atoms. The highest BCUT2D eigenvalue weighted by molar-refractivity contribution is 5.05. The topological polar surface area (TPSA) is 24.1 Å². The summed E-state index contributed by atoms with van der Waals surface area (Å²) >= 11 is 0. The standard InChI is InChI=1S/C10H16NO/c1-9(2)5-6-10-4-3-7-11(12)8-10/h3-4,7-9,12H,5-6H2,1-2H3/q+1. The summed E-state index contributed by atoms with van der Waals surface area (Å²) in [6.07, 6.45) is 5.59. The van der Waals surface area contributed by atoms with Gasteiger partial charge in [0.15, 0.2) is 0 Å². The number of nitrogens with zero attached hydrogens (tertiary/aromatic N) is 1. The lowest BCUT2D eigenvalue weighted by Gasteiger charge is -2.01. The van der Waals surface area contributed by atoms with Crippen molar-refractivity contribution in [1.82, 2.24) is 0 Å². The molecule has 2 heteroatoms. The first kappa shape index (κ1) is 9.04. The van der Waals surface area contributed by atoms with E-state index in [9.17, 15) is 0 Å². The van der Waals surface area contributed by atoms with Crippen LogP contribution in [-0.4, -0.2) is 5.21 Å². The molecule has 0 aliphatic carbocycles. The first-order chi connectivity index (χ1) is 5.68. The maximum atomic E-state index is 9.09. The Morgan fingerprint density at radius 3 is 2.83 bits per heavy atom. The minimum atomic E-state index is 0.720. The van der Waals surface area contributed by atoms with E-state index in [2.05, 4.69) is 13.8 Å². The Kier molecular flexibility index (Phi) is 3.09. The molecule has 0 bridgehead atoms. The lowest BCUT2D eigenvalue weighted by atomic mass is 10.0.